The van der Waals surface area contributed by atoms with Gasteiger partial charge in [-0.2, -0.15) is 5.10 Å². The second-order valence-corrected chi connectivity index (χ2v) is 7.38. The Kier molecular flexibility index (Phi) is 5.25. The molecule has 2 aromatic carbocycles. The number of carbonyl (C=O) groups is 1. The third-order valence-electron chi connectivity index (χ3n) is 5.07. The largest absolute Gasteiger partial charge is 0.486 e. The van der Waals surface area contributed by atoms with Gasteiger partial charge in [-0.05, 0) is 62.2 Å². The number of carbonyl (C=O) groups excluding carboxylic acids is 1. The van der Waals surface area contributed by atoms with Gasteiger partial charge in [0.2, 0.25) is 0 Å². The van der Waals surface area contributed by atoms with Crippen LogP contribution in [0.5, 0.6) is 11.5 Å². The van der Waals surface area contributed by atoms with E-state index in [-0.39, 0.29) is 11.9 Å². The quantitative estimate of drug-likeness (QED) is 0.718. The fourth-order valence-corrected chi connectivity index (χ4v) is 3.46. The van der Waals surface area contributed by atoms with E-state index in [4.69, 9.17) is 9.47 Å². The average Bonchev–Trinajstić information content (AvgIpc) is 3.04. The average molecular weight is 391 g/mol. The van der Waals surface area contributed by atoms with Gasteiger partial charge in [0.15, 0.2) is 11.5 Å². The molecule has 0 unspecified atom stereocenters. The fourth-order valence-electron chi connectivity index (χ4n) is 3.46. The number of hydrogen-bond acceptors (Lipinski definition) is 4. The Labute approximate surface area is 170 Å². The molecule has 6 heteroatoms. The van der Waals surface area contributed by atoms with E-state index in [0.29, 0.717) is 25.3 Å². The molecule has 1 atom stereocenters. The molecule has 1 aliphatic heterocycles. The Morgan fingerprint density at radius 1 is 1.07 bits per heavy atom. The number of aromatic nitrogens is 2. The van der Waals surface area contributed by atoms with Crippen molar-refractivity contribution in [3.05, 3.63) is 76.6 Å². The summed E-state index contributed by atoms with van der Waals surface area (Å²) in [7, 11) is 0. The Balaban J connectivity index is 1.41. The maximum absolute atomic E-state index is 12.7. The van der Waals surface area contributed by atoms with E-state index >= 15 is 0 Å². The van der Waals surface area contributed by atoms with Crippen LogP contribution in [0.1, 0.15) is 45.8 Å². The molecule has 0 bridgehead atoms. The minimum atomic E-state index is -0.146. The van der Waals surface area contributed by atoms with E-state index in [2.05, 4.69) is 16.5 Å². The van der Waals surface area contributed by atoms with Crippen LogP contribution >= 0.6 is 0 Å². The number of hydrogen-bond donors (Lipinski definition) is 1. The summed E-state index contributed by atoms with van der Waals surface area (Å²) in [5, 5.41) is 7.53. The first kappa shape index (κ1) is 19.1. The first-order valence-electron chi connectivity index (χ1n) is 9.80. The zero-order valence-electron chi connectivity index (χ0n) is 16.9. The molecule has 29 heavy (non-hydrogen) atoms. The fraction of sp³-hybridized carbons (Fsp3) is 0.304. The van der Waals surface area contributed by atoms with Gasteiger partial charge >= 0.3 is 0 Å². The number of rotatable bonds is 5. The number of nitrogens with one attached hydrogen (secondary N) is 1. The van der Waals surface area contributed by atoms with Gasteiger partial charge in [0.25, 0.3) is 5.91 Å². The lowest BCUT2D eigenvalue weighted by Gasteiger charge is -2.21. The van der Waals surface area contributed by atoms with Crippen LogP contribution in [0.2, 0.25) is 0 Å². The van der Waals surface area contributed by atoms with Crippen molar-refractivity contribution >= 4 is 5.91 Å². The molecule has 4 rings (SSSR count). The summed E-state index contributed by atoms with van der Waals surface area (Å²) in [6.07, 6.45) is 0. The van der Waals surface area contributed by atoms with Crippen LogP contribution in [-0.2, 0) is 6.54 Å². The smallest absolute Gasteiger partial charge is 0.251 e. The molecule has 6 nitrogen and oxygen atoms in total. The minimum Gasteiger partial charge on any atom is -0.486 e. The van der Waals surface area contributed by atoms with Crippen LogP contribution < -0.4 is 14.8 Å². The van der Waals surface area contributed by atoms with E-state index in [1.807, 2.05) is 67.9 Å². The number of aryl methyl sites for hydroxylation is 2. The van der Waals surface area contributed by atoms with Crippen molar-refractivity contribution in [2.75, 3.05) is 13.2 Å². The van der Waals surface area contributed by atoms with Crippen LogP contribution in [0.25, 0.3) is 0 Å². The van der Waals surface area contributed by atoms with Gasteiger partial charge in [-0.15, -0.1) is 0 Å². The Hall–Kier alpha value is -3.28. The molecular formula is C23H25N3O3. The van der Waals surface area contributed by atoms with E-state index in [9.17, 15) is 4.79 Å². The van der Waals surface area contributed by atoms with Crippen LogP contribution in [0.3, 0.4) is 0 Å². The highest BCUT2D eigenvalue weighted by Crippen LogP contribution is 2.32. The van der Waals surface area contributed by atoms with Crippen LogP contribution in [0.15, 0.2) is 48.5 Å². The minimum absolute atomic E-state index is 0.106. The summed E-state index contributed by atoms with van der Waals surface area (Å²) in [5.74, 6) is 1.37. The predicted molar refractivity (Wildman–Crippen MR) is 111 cm³/mol. The van der Waals surface area contributed by atoms with Gasteiger partial charge in [-0.1, -0.05) is 18.2 Å². The van der Waals surface area contributed by atoms with Crippen LogP contribution in [0, 0.1) is 13.8 Å². The Bertz CT molecular complexity index is 1020. The van der Waals surface area contributed by atoms with Gasteiger partial charge in [0, 0.05) is 11.3 Å². The van der Waals surface area contributed by atoms with Gasteiger partial charge in [-0.3, -0.25) is 9.48 Å². The first-order valence-corrected chi connectivity index (χ1v) is 9.80. The molecule has 1 amide bonds. The topological polar surface area (TPSA) is 65.4 Å². The number of ether oxygens (including phenoxy) is 2. The van der Waals surface area contributed by atoms with Crippen LogP contribution in [0.4, 0.5) is 0 Å². The van der Waals surface area contributed by atoms with Gasteiger partial charge in [-0.25, -0.2) is 0 Å². The molecule has 0 fully saturated rings. The second-order valence-electron chi connectivity index (χ2n) is 7.38. The molecule has 150 valence electrons. The number of amides is 1. The van der Waals surface area contributed by atoms with Crippen molar-refractivity contribution in [1.82, 2.24) is 15.1 Å². The van der Waals surface area contributed by atoms with Gasteiger partial charge in [0.05, 0.1) is 18.3 Å². The molecule has 1 N–H and O–H groups in total. The third kappa shape index (κ3) is 4.26. The summed E-state index contributed by atoms with van der Waals surface area (Å²) in [6, 6.07) is 15.3. The van der Waals surface area contributed by atoms with Crippen molar-refractivity contribution in [1.29, 1.82) is 0 Å². The molecule has 0 radical (unpaired) electrons. The first-order chi connectivity index (χ1) is 14.0. The normalized spacial score (nSPS) is 13.8. The number of fused-ring (bicyclic) bond motifs is 1. The van der Waals surface area contributed by atoms with E-state index in [0.717, 1.165) is 34.0 Å². The SMILES string of the molecule is Cc1cc(C)n(Cc2ccc(C(=O)N[C@H](C)c3ccc4c(c3)OCCO4)cc2)n1. The van der Waals surface area contributed by atoms with Crippen LogP contribution in [-0.4, -0.2) is 28.9 Å². The van der Waals surface area contributed by atoms with E-state index in [1.165, 1.54) is 0 Å². The molecule has 0 saturated heterocycles. The summed E-state index contributed by atoms with van der Waals surface area (Å²) < 4.78 is 13.2. The highest BCUT2D eigenvalue weighted by molar-refractivity contribution is 5.94. The monoisotopic (exact) mass is 391 g/mol. The maximum atomic E-state index is 12.7. The summed E-state index contributed by atoms with van der Waals surface area (Å²) >= 11 is 0. The van der Waals surface area contributed by atoms with Crippen molar-refractivity contribution in [2.45, 2.75) is 33.4 Å². The standard InChI is InChI=1S/C23H25N3O3/c1-15-12-16(2)26(25-15)14-18-4-6-19(7-5-18)23(27)24-17(3)20-8-9-21-22(13-20)29-11-10-28-21/h4-9,12-13,17H,10-11,14H2,1-3H3,(H,24,27)/t17-/m1/s1. The third-order valence-corrected chi connectivity index (χ3v) is 5.07. The van der Waals surface area contributed by atoms with Gasteiger partial charge < -0.3 is 14.8 Å². The van der Waals surface area contributed by atoms with E-state index < -0.39 is 0 Å². The number of benzene rings is 2. The maximum Gasteiger partial charge on any atom is 0.251 e. The lowest BCUT2D eigenvalue weighted by molar-refractivity contribution is 0.0939. The lowest BCUT2D eigenvalue weighted by atomic mass is 10.1. The Morgan fingerprint density at radius 3 is 2.48 bits per heavy atom. The molecule has 0 aliphatic carbocycles. The summed E-state index contributed by atoms with van der Waals surface area (Å²) in [5.41, 5.74) is 4.84. The number of nitrogens with zero attached hydrogens (tertiary/aromatic N) is 2. The van der Waals surface area contributed by atoms with Crippen molar-refractivity contribution in [3.8, 4) is 11.5 Å². The molecule has 0 spiro atoms. The molecule has 1 aliphatic rings. The summed E-state index contributed by atoms with van der Waals surface area (Å²) in [4.78, 5) is 12.7. The highest BCUT2D eigenvalue weighted by Gasteiger charge is 2.16. The van der Waals surface area contributed by atoms with E-state index in [1.54, 1.807) is 0 Å². The predicted octanol–water partition coefficient (Wildman–Crippen LogP) is 3.81. The molecule has 1 aromatic heterocycles. The highest BCUT2D eigenvalue weighted by atomic mass is 16.6. The zero-order valence-corrected chi connectivity index (χ0v) is 16.9. The van der Waals surface area contributed by atoms with Crippen molar-refractivity contribution in [3.63, 3.8) is 0 Å². The van der Waals surface area contributed by atoms with Crippen molar-refractivity contribution in [2.24, 2.45) is 0 Å². The lowest BCUT2D eigenvalue weighted by Crippen LogP contribution is -2.26. The molecule has 2 heterocycles. The van der Waals surface area contributed by atoms with Gasteiger partial charge in [0.1, 0.15) is 13.2 Å². The zero-order chi connectivity index (χ0) is 20.4. The molecule has 0 saturated carbocycles. The molecular weight excluding hydrogens is 366 g/mol. The molecule has 3 aromatic rings. The Morgan fingerprint density at radius 2 is 1.79 bits per heavy atom. The van der Waals surface area contributed by atoms with Crippen molar-refractivity contribution < 1.29 is 14.3 Å². The summed E-state index contributed by atoms with van der Waals surface area (Å²) in [6.45, 7) is 7.78. The second kappa shape index (κ2) is 7.99.